The molecule has 0 fully saturated rings. The van der Waals surface area contributed by atoms with Crippen LogP contribution in [-0.4, -0.2) is 4.98 Å². The van der Waals surface area contributed by atoms with Crippen LogP contribution in [-0.2, 0) is 5.75 Å². The number of hydrogen-bond donors (Lipinski definition) is 0. The molecule has 3 heteroatoms. The van der Waals surface area contributed by atoms with Gasteiger partial charge in [0, 0.05) is 16.9 Å². The van der Waals surface area contributed by atoms with Crippen LogP contribution in [0.1, 0.15) is 16.7 Å². The van der Waals surface area contributed by atoms with Crippen molar-refractivity contribution < 1.29 is 4.42 Å². The molecule has 0 aliphatic rings. The smallest absolute Gasteiger partial charge is 0.257 e. The minimum atomic E-state index is 0.702. The van der Waals surface area contributed by atoms with E-state index in [0.717, 1.165) is 28.3 Å². The first kappa shape index (κ1) is 17.6. The number of nitrogens with zero attached hydrogens (tertiary/aromatic N) is 1. The Balaban J connectivity index is 1.68. The molecular weight excluding hydrogens is 350 g/mol. The minimum Gasteiger partial charge on any atom is -0.431 e. The first-order chi connectivity index (χ1) is 13.2. The summed E-state index contributed by atoms with van der Waals surface area (Å²) in [6.45, 7) is 4.27. The fourth-order valence-corrected chi connectivity index (χ4v) is 3.92. The van der Waals surface area contributed by atoms with Crippen LogP contribution in [0.2, 0.25) is 0 Å². The zero-order valence-corrected chi connectivity index (χ0v) is 16.3. The Morgan fingerprint density at radius 1 is 0.815 bits per heavy atom. The number of aromatic nitrogens is 1. The fourth-order valence-electron chi connectivity index (χ4n) is 3.03. The van der Waals surface area contributed by atoms with Gasteiger partial charge in [-0.3, -0.25) is 0 Å². The van der Waals surface area contributed by atoms with Crippen LogP contribution in [0.3, 0.4) is 0 Å². The average Bonchev–Trinajstić information content (AvgIpc) is 3.14. The van der Waals surface area contributed by atoms with Gasteiger partial charge in [0.2, 0.25) is 0 Å². The highest BCUT2D eigenvalue weighted by molar-refractivity contribution is 7.98. The molecule has 0 amide bonds. The summed E-state index contributed by atoms with van der Waals surface area (Å²) in [6, 6.07) is 27.0. The van der Waals surface area contributed by atoms with Crippen molar-refractivity contribution in [3.63, 3.8) is 0 Å². The van der Waals surface area contributed by atoms with E-state index in [1.54, 1.807) is 11.8 Å². The quantitative estimate of drug-likeness (QED) is 0.356. The molecule has 4 rings (SSSR count). The molecule has 27 heavy (non-hydrogen) atoms. The third-order valence-corrected chi connectivity index (χ3v) is 5.42. The molecular formula is C24H21NOS. The molecule has 0 radical (unpaired) electrons. The van der Waals surface area contributed by atoms with Crippen LogP contribution in [0.5, 0.6) is 0 Å². The number of benzene rings is 3. The summed E-state index contributed by atoms with van der Waals surface area (Å²) in [7, 11) is 0. The Kier molecular flexibility index (Phi) is 5.12. The van der Waals surface area contributed by atoms with E-state index in [1.165, 1.54) is 16.7 Å². The van der Waals surface area contributed by atoms with Crippen molar-refractivity contribution in [2.75, 3.05) is 0 Å². The van der Waals surface area contributed by atoms with Gasteiger partial charge in [-0.25, -0.2) is 4.98 Å². The number of oxazole rings is 1. The molecule has 1 heterocycles. The molecule has 0 unspecified atom stereocenters. The van der Waals surface area contributed by atoms with Crippen molar-refractivity contribution in [2.45, 2.75) is 24.8 Å². The predicted octanol–water partition coefficient (Wildman–Crippen LogP) is 6.92. The molecule has 1 aromatic heterocycles. The molecule has 3 aromatic carbocycles. The van der Waals surface area contributed by atoms with Crippen molar-refractivity contribution in [3.05, 3.63) is 95.6 Å². The molecule has 0 N–H and O–H groups in total. The van der Waals surface area contributed by atoms with Crippen molar-refractivity contribution in [3.8, 4) is 22.6 Å². The number of thioether (sulfide) groups is 1. The van der Waals surface area contributed by atoms with E-state index in [9.17, 15) is 0 Å². The second-order valence-electron chi connectivity index (χ2n) is 6.61. The van der Waals surface area contributed by atoms with Gasteiger partial charge >= 0.3 is 0 Å². The van der Waals surface area contributed by atoms with Crippen LogP contribution >= 0.6 is 11.8 Å². The Morgan fingerprint density at radius 2 is 1.48 bits per heavy atom. The first-order valence-electron chi connectivity index (χ1n) is 9.01. The van der Waals surface area contributed by atoms with Crippen molar-refractivity contribution in [1.29, 1.82) is 0 Å². The third-order valence-electron chi connectivity index (χ3n) is 4.55. The standard InChI is InChI=1S/C24H21NOS/c1-17-13-14-18(2)21(15-17)16-27-24-25-22(19-9-5-3-6-10-19)23(26-24)20-11-7-4-8-12-20/h3-15H,16H2,1-2H3. The maximum atomic E-state index is 6.20. The number of hydrogen-bond acceptors (Lipinski definition) is 3. The summed E-state index contributed by atoms with van der Waals surface area (Å²) in [5, 5.41) is 0.702. The number of rotatable bonds is 5. The van der Waals surface area contributed by atoms with E-state index in [4.69, 9.17) is 9.40 Å². The van der Waals surface area contributed by atoms with Gasteiger partial charge in [0.1, 0.15) is 5.69 Å². The van der Waals surface area contributed by atoms with Gasteiger partial charge in [0.05, 0.1) is 0 Å². The molecule has 0 bridgehead atoms. The summed E-state index contributed by atoms with van der Waals surface area (Å²) < 4.78 is 6.20. The molecule has 4 aromatic rings. The van der Waals surface area contributed by atoms with Gasteiger partial charge in [-0.2, -0.15) is 0 Å². The molecule has 0 atom stereocenters. The monoisotopic (exact) mass is 371 g/mol. The van der Waals surface area contributed by atoms with E-state index in [0.29, 0.717) is 5.22 Å². The second kappa shape index (κ2) is 7.85. The molecule has 134 valence electrons. The lowest BCUT2D eigenvalue weighted by Gasteiger charge is -2.05. The zero-order valence-electron chi connectivity index (χ0n) is 15.5. The summed E-state index contributed by atoms with van der Waals surface area (Å²) in [4.78, 5) is 4.82. The van der Waals surface area contributed by atoms with E-state index in [-0.39, 0.29) is 0 Å². The molecule has 0 saturated heterocycles. The first-order valence-corrected chi connectivity index (χ1v) is 10.00. The Morgan fingerprint density at radius 3 is 2.19 bits per heavy atom. The van der Waals surface area contributed by atoms with E-state index in [2.05, 4.69) is 56.3 Å². The highest BCUT2D eigenvalue weighted by Gasteiger charge is 2.17. The van der Waals surface area contributed by atoms with E-state index in [1.807, 2.05) is 36.4 Å². The van der Waals surface area contributed by atoms with Crippen molar-refractivity contribution in [2.24, 2.45) is 0 Å². The lowest BCUT2D eigenvalue weighted by Crippen LogP contribution is -1.88. The Hall–Kier alpha value is -2.78. The van der Waals surface area contributed by atoms with Crippen LogP contribution in [0.25, 0.3) is 22.6 Å². The lowest BCUT2D eigenvalue weighted by atomic mass is 10.1. The predicted molar refractivity (Wildman–Crippen MR) is 113 cm³/mol. The van der Waals surface area contributed by atoms with Gasteiger partial charge in [-0.15, -0.1) is 0 Å². The topological polar surface area (TPSA) is 26.0 Å². The highest BCUT2D eigenvalue weighted by Crippen LogP contribution is 2.36. The summed E-state index contributed by atoms with van der Waals surface area (Å²) >= 11 is 1.64. The summed E-state index contributed by atoms with van der Waals surface area (Å²) in [5.41, 5.74) is 6.90. The largest absolute Gasteiger partial charge is 0.431 e. The Bertz CT molecular complexity index is 982. The van der Waals surface area contributed by atoms with Crippen LogP contribution < -0.4 is 0 Å². The summed E-state index contributed by atoms with van der Waals surface area (Å²) in [5.74, 6) is 1.67. The third kappa shape index (κ3) is 3.99. The SMILES string of the molecule is Cc1ccc(C)c(CSc2nc(-c3ccccc3)c(-c3ccccc3)o2)c1. The van der Waals surface area contributed by atoms with Gasteiger partial charge < -0.3 is 4.42 Å². The maximum Gasteiger partial charge on any atom is 0.257 e. The second-order valence-corrected chi connectivity index (χ2v) is 7.53. The van der Waals surface area contributed by atoms with Crippen LogP contribution in [0.15, 0.2) is 88.5 Å². The van der Waals surface area contributed by atoms with E-state index < -0.39 is 0 Å². The highest BCUT2D eigenvalue weighted by atomic mass is 32.2. The molecule has 0 spiro atoms. The van der Waals surface area contributed by atoms with Crippen molar-refractivity contribution in [1.82, 2.24) is 4.98 Å². The Labute approximate surface area is 164 Å². The van der Waals surface area contributed by atoms with E-state index >= 15 is 0 Å². The van der Waals surface area contributed by atoms with Crippen LogP contribution in [0.4, 0.5) is 0 Å². The molecule has 2 nitrogen and oxygen atoms in total. The molecule has 0 saturated carbocycles. The van der Waals surface area contributed by atoms with Crippen molar-refractivity contribution >= 4 is 11.8 Å². The summed E-state index contributed by atoms with van der Waals surface area (Å²) in [6.07, 6.45) is 0. The molecule has 0 aliphatic heterocycles. The van der Waals surface area contributed by atoms with Gasteiger partial charge in [0.15, 0.2) is 5.76 Å². The van der Waals surface area contributed by atoms with Gasteiger partial charge in [-0.1, -0.05) is 96.2 Å². The zero-order chi connectivity index (χ0) is 18.6. The van der Waals surface area contributed by atoms with Gasteiger partial charge in [-0.05, 0) is 25.0 Å². The molecule has 0 aliphatic carbocycles. The normalized spacial score (nSPS) is 10.9. The minimum absolute atomic E-state index is 0.702. The maximum absolute atomic E-state index is 6.20. The van der Waals surface area contributed by atoms with Crippen LogP contribution in [0, 0.1) is 13.8 Å². The average molecular weight is 372 g/mol. The number of aryl methyl sites for hydroxylation is 2. The van der Waals surface area contributed by atoms with Gasteiger partial charge in [0.25, 0.3) is 5.22 Å². The fraction of sp³-hybridized carbons (Fsp3) is 0.125. The lowest BCUT2D eigenvalue weighted by molar-refractivity contribution is 0.466.